The fourth-order valence-corrected chi connectivity index (χ4v) is 5.44. The van der Waals surface area contributed by atoms with Crippen LogP contribution in [0.5, 0.6) is 23.0 Å². The predicted molar refractivity (Wildman–Crippen MR) is 137 cm³/mol. The van der Waals surface area contributed by atoms with Crippen LogP contribution in [0, 0.1) is 0 Å². The van der Waals surface area contributed by atoms with Crippen molar-refractivity contribution in [1.82, 2.24) is 4.57 Å². The Labute approximate surface area is 216 Å². The number of aromatic nitrogens is 1. The van der Waals surface area contributed by atoms with Crippen LogP contribution in [-0.2, 0) is 9.53 Å². The first-order chi connectivity index (χ1) is 17.9. The fourth-order valence-electron chi connectivity index (χ4n) is 4.39. The van der Waals surface area contributed by atoms with Crippen LogP contribution in [-0.4, -0.2) is 37.7 Å². The third kappa shape index (κ3) is 4.48. The molecule has 0 spiro atoms. The highest BCUT2D eigenvalue weighted by Gasteiger charge is 2.34. The lowest BCUT2D eigenvalue weighted by molar-refractivity contribution is -0.139. The lowest BCUT2D eigenvalue weighted by Crippen LogP contribution is -2.40. The van der Waals surface area contributed by atoms with Crippen molar-refractivity contribution in [2.75, 3.05) is 27.1 Å². The Balaban J connectivity index is 1.70. The molecular formula is C27H26N2O7S. The monoisotopic (exact) mass is 522 g/mol. The van der Waals surface area contributed by atoms with Gasteiger partial charge in [-0.05, 0) is 62.2 Å². The maximum Gasteiger partial charge on any atom is 0.338 e. The molecular weight excluding hydrogens is 496 g/mol. The molecule has 0 unspecified atom stereocenters. The van der Waals surface area contributed by atoms with E-state index < -0.39 is 12.0 Å². The van der Waals surface area contributed by atoms with Crippen molar-refractivity contribution < 1.29 is 28.5 Å². The second kappa shape index (κ2) is 10.1. The minimum Gasteiger partial charge on any atom is -0.493 e. The smallest absolute Gasteiger partial charge is 0.338 e. The first-order valence-corrected chi connectivity index (χ1v) is 12.7. The van der Waals surface area contributed by atoms with E-state index in [4.69, 9.17) is 23.7 Å². The van der Waals surface area contributed by atoms with Gasteiger partial charge < -0.3 is 23.7 Å². The zero-order chi connectivity index (χ0) is 26.1. The zero-order valence-corrected chi connectivity index (χ0v) is 21.7. The molecule has 0 amide bonds. The number of hydrogen-bond acceptors (Lipinski definition) is 9. The fraction of sp³-hybridized carbons (Fsp3) is 0.296. The maximum atomic E-state index is 13.8. The molecule has 0 aliphatic carbocycles. The first-order valence-electron chi connectivity index (χ1n) is 11.8. The van der Waals surface area contributed by atoms with E-state index in [-0.39, 0.29) is 19.0 Å². The van der Waals surface area contributed by atoms with Gasteiger partial charge in [-0.15, -0.1) is 0 Å². The number of methoxy groups -OCH3 is 1. The van der Waals surface area contributed by atoms with E-state index in [0.717, 1.165) is 5.56 Å². The summed E-state index contributed by atoms with van der Waals surface area (Å²) in [6, 6.07) is 10.1. The normalized spacial score (nSPS) is 16.3. The average Bonchev–Trinajstić information content (AvgIpc) is 3.47. The van der Waals surface area contributed by atoms with Crippen LogP contribution in [0.25, 0.3) is 6.08 Å². The topological polar surface area (TPSA) is 97.6 Å². The third-order valence-electron chi connectivity index (χ3n) is 6.01. The molecule has 0 saturated carbocycles. The number of allylic oxidation sites excluding steroid dienone is 1. The van der Waals surface area contributed by atoms with Gasteiger partial charge in [0, 0.05) is 0 Å². The molecule has 5 rings (SSSR count). The summed E-state index contributed by atoms with van der Waals surface area (Å²) < 4.78 is 29.4. The van der Waals surface area contributed by atoms with Crippen LogP contribution in [0.15, 0.2) is 57.5 Å². The predicted octanol–water partition coefficient (Wildman–Crippen LogP) is 2.93. The van der Waals surface area contributed by atoms with Crippen molar-refractivity contribution in [2.45, 2.75) is 26.8 Å². The second-order valence-electron chi connectivity index (χ2n) is 8.26. The Morgan fingerprint density at radius 2 is 1.95 bits per heavy atom. The van der Waals surface area contributed by atoms with Crippen molar-refractivity contribution in [3.8, 4) is 23.0 Å². The van der Waals surface area contributed by atoms with E-state index >= 15 is 0 Å². The molecule has 2 aliphatic rings. The van der Waals surface area contributed by atoms with Gasteiger partial charge in [0.1, 0.15) is 0 Å². The molecule has 2 aromatic carbocycles. The molecule has 192 valence electrons. The lowest BCUT2D eigenvalue weighted by atomic mass is 9.95. The van der Waals surface area contributed by atoms with E-state index in [1.54, 1.807) is 43.7 Å². The molecule has 0 radical (unpaired) electrons. The number of nitrogens with zero attached hydrogens (tertiary/aromatic N) is 2. The number of carbonyl (C=O) groups excluding carboxylic acids is 1. The Morgan fingerprint density at radius 3 is 2.70 bits per heavy atom. The molecule has 9 nitrogen and oxygen atoms in total. The zero-order valence-electron chi connectivity index (χ0n) is 20.9. The lowest BCUT2D eigenvalue weighted by Gasteiger charge is -2.25. The number of esters is 1. The molecule has 0 N–H and O–H groups in total. The van der Waals surface area contributed by atoms with E-state index in [2.05, 4.69) is 4.99 Å². The quantitative estimate of drug-likeness (QED) is 0.440. The minimum absolute atomic E-state index is 0.169. The van der Waals surface area contributed by atoms with Crippen LogP contribution in [0.1, 0.15) is 37.9 Å². The first kappa shape index (κ1) is 24.6. The summed E-state index contributed by atoms with van der Waals surface area (Å²) in [7, 11) is 1.56. The Kier molecular flexibility index (Phi) is 6.75. The summed E-state index contributed by atoms with van der Waals surface area (Å²) in [6.45, 7) is 6.16. The molecule has 3 aromatic rings. The number of carbonyl (C=O) groups is 1. The highest BCUT2D eigenvalue weighted by molar-refractivity contribution is 7.07. The van der Waals surface area contributed by atoms with Crippen LogP contribution in [0.3, 0.4) is 0 Å². The number of hydrogen-bond donors (Lipinski definition) is 0. The van der Waals surface area contributed by atoms with Crippen molar-refractivity contribution in [3.05, 3.63) is 78.5 Å². The molecule has 1 atom stereocenters. The average molecular weight is 523 g/mol. The number of thiazole rings is 1. The summed E-state index contributed by atoms with van der Waals surface area (Å²) in [6.07, 6.45) is 1.78. The molecule has 1 aromatic heterocycles. The second-order valence-corrected chi connectivity index (χ2v) is 9.27. The molecule has 0 saturated heterocycles. The Morgan fingerprint density at radius 1 is 1.14 bits per heavy atom. The summed E-state index contributed by atoms with van der Waals surface area (Å²) in [4.78, 5) is 32.0. The van der Waals surface area contributed by atoms with Gasteiger partial charge in [-0.1, -0.05) is 23.5 Å². The summed E-state index contributed by atoms with van der Waals surface area (Å²) in [5, 5.41) is 0. The number of fused-ring (bicyclic) bond motifs is 2. The van der Waals surface area contributed by atoms with Crippen molar-refractivity contribution >= 4 is 23.4 Å². The molecule has 0 bridgehead atoms. The van der Waals surface area contributed by atoms with Gasteiger partial charge in [-0.3, -0.25) is 9.36 Å². The van der Waals surface area contributed by atoms with Gasteiger partial charge in [0.25, 0.3) is 5.56 Å². The van der Waals surface area contributed by atoms with Crippen LogP contribution in [0.4, 0.5) is 0 Å². The Bertz CT molecular complexity index is 1580. The van der Waals surface area contributed by atoms with Crippen LogP contribution >= 0.6 is 11.3 Å². The Hall–Kier alpha value is -4.05. The number of benzene rings is 2. The van der Waals surface area contributed by atoms with Gasteiger partial charge in [0.05, 0.1) is 42.2 Å². The van der Waals surface area contributed by atoms with Gasteiger partial charge in [0.2, 0.25) is 6.79 Å². The summed E-state index contributed by atoms with van der Waals surface area (Å²) >= 11 is 1.26. The highest BCUT2D eigenvalue weighted by atomic mass is 32.1. The molecule has 2 aliphatic heterocycles. The van der Waals surface area contributed by atoms with Crippen molar-refractivity contribution in [2.24, 2.45) is 4.99 Å². The van der Waals surface area contributed by atoms with Gasteiger partial charge in [0.15, 0.2) is 27.8 Å². The molecule has 3 heterocycles. The van der Waals surface area contributed by atoms with Crippen molar-refractivity contribution in [3.63, 3.8) is 0 Å². The summed E-state index contributed by atoms with van der Waals surface area (Å²) in [5.41, 5.74) is 1.99. The number of rotatable bonds is 7. The maximum absolute atomic E-state index is 13.8. The van der Waals surface area contributed by atoms with E-state index in [0.29, 0.717) is 55.8 Å². The van der Waals surface area contributed by atoms with Crippen molar-refractivity contribution in [1.29, 1.82) is 0 Å². The van der Waals surface area contributed by atoms with Crippen LogP contribution in [0.2, 0.25) is 0 Å². The molecule has 37 heavy (non-hydrogen) atoms. The molecule has 10 heteroatoms. The van der Waals surface area contributed by atoms with Gasteiger partial charge >= 0.3 is 5.97 Å². The molecule has 0 fully saturated rings. The van der Waals surface area contributed by atoms with Gasteiger partial charge in [-0.25, -0.2) is 9.79 Å². The van der Waals surface area contributed by atoms with E-state index in [1.807, 2.05) is 31.2 Å². The SMILES string of the molecule is CCOC(=O)C1=C(C)N=c2sc(=Cc3ccc4c(c3)OCO4)c(=O)n2[C@H]1c1ccc(OC)c(OCC)c1. The highest BCUT2D eigenvalue weighted by Crippen LogP contribution is 2.36. The summed E-state index contributed by atoms with van der Waals surface area (Å²) in [5.74, 6) is 1.84. The van der Waals surface area contributed by atoms with Crippen LogP contribution < -0.4 is 33.8 Å². The number of ether oxygens (including phenoxy) is 5. The van der Waals surface area contributed by atoms with E-state index in [1.165, 1.54) is 11.3 Å². The van der Waals surface area contributed by atoms with E-state index in [9.17, 15) is 9.59 Å². The largest absolute Gasteiger partial charge is 0.493 e. The standard InChI is InChI=1S/C27H26N2O7S/c1-5-33-21-13-17(8-10-18(21)32-4)24-23(26(31)34-6-2)15(3)28-27-29(24)25(30)22(37-27)12-16-7-9-19-20(11-16)36-14-35-19/h7-13,24H,5-6,14H2,1-4H3/t24-/m0/s1. The van der Waals surface area contributed by atoms with Gasteiger partial charge in [-0.2, -0.15) is 0 Å². The minimum atomic E-state index is -0.751. The third-order valence-corrected chi connectivity index (χ3v) is 7.00.